The molecule has 62 valence electrons. The second-order valence-corrected chi connectivity index (χ2v) is 2.88. The molecule has 1 N–H and O–H groups in total. The molecule has 11 heavy (non-hydrogen) atoms. The smallest absolute Gasteiger partial charge is 0.246 e. The van der Waals surface area contributed by atoms with Crippen LogP contribution < -0.4 is 5.32 Å². The molecule has 0 aromatic carbocycles. The van der Waals surface area contributed by atoms with Crippen LogP contribution in [0.5, 0.6) is 0 Å². The monoisotopic (exact) mass is 153 g/mol. The molecule has 0 aromatic rings. The molecule has 1 aliphatic heterocycles. The molecule has 0 radical (unpaired) electrons. The first-order chi connectivity index (χ1) is 5.34. The fraction of sp³-hybridized carbons (Fsp3) is 0.667. The summed E-state index contributed by atoms with van der Waals surface area (Å²) in [6, 6.07) is 0. The second kappa shape index (κ2) is 4.16. The number of hydrogen-bond acceptors (Lipinski definition) is 1. The van der Waals surface area contributed by atoms with Crippen molar-refractivity contribution in [2.45, 2.75) is 32.6 Å². The Kier molecular flexibility index (Phi) is 3.14. The van der Waals surface area contributed by atoms with Gasteiger partial charge in [-0.15, -0.1) is 0 Å². The molecule has 1 heterocycles. The van der Waals surface area contributed by atoms with Crippen LogP contribution in [0, 0.1) is 0 Å². The van der Waals surface area contributed by atoms with Crippen LogP contribution in [-0.4, -0.2) is 12.5 Å². The van der Waals surface area contributed by atoms with E-state index < -0.39 is 0 Å². The van der Waals surface area contributed by atoms with Gasteiger partial charge in [-0.3, -0.25) is 4.79 Å². The van der Waals surface area contributed by atoms with Gasteiger partial charge in [0.2, 0.25) is 5.91 Å². The lowest BCUT2D eigenvalue weighted by Gasteiger charge is -1.92. The normalized spacial score (nSPS) is 20.8. The molecule has 2 nitrogen and oxygen atoms in total. The minimum atomic E-state index is 0.140. The Bertz CT molecular complexity index is 172. The predicted octanol–water partition coefficient (Wildman–Crippen LogP) is 1.62. The van der Waals surface area contributed by atoms with Crippen LogP contribution in [0.4, 0.5) is 0 Å². The maximum Gasteiger partial charge on any atom is 0.246 e. The third kappa shape index (κ3) is 2.37. The Hall–Kier alpha value is -0.790. The van der Waals surface area contributed by atoms with E-state index in [1.165, 1.54) is 12.8 Å². The highest BCUT2D eigenvalue weighted by Crippen LogP contribution is 2.09. The summed E-state index contributed by atoms with van der Waals surface area (Å²) >= 11 is 0. The summed E-state index contributed by atoms with van der Waals surface area (Å²) in [4.78, 5) is 11.0. The summed E-state index contributed by atoms with van der Waals surface area (Å²) in [6.07, 6.45) is 6.44. The molecule has 2 heteroatoms. The second-order valence-electron chi connectivity index (χ2n) is 2.88. The number of carbonyl (C=O) groups excluding carboxylic acids is 1. The average Bonchev–Trinajstić information content (AvgIpc) is 2.37. The molecule has 0 atom stereocenters. The first-order valence-corrected chi connectivity index (χ1v) is 4.32. The van der Waals surface area contributed by atoms with Crippen molar-refractivity contribution in [3.63, 3.8) is 0 Å². The zero-order valence-electron chi connectivity index (χ0n) is 7.02. The van der Waals surface area contributed by atoms with Crippen molar-refractivity contribution in [1.29, 1.82) is 0 Å². The Morgan fingerprint density at radius 2 is 2.45 bits per heavy atom. The van der Waals surface area contributed by atoms with Crippen LogP contribution in [-0.2, 0) is 4.79 Å². The molecule has 0 saturated carbocycles. The van der Waals surface area contributed by atoms with Crippen LogP contribution in [0.15, 0.2) is 11.6 Å². The Morgan fingerprint density at radius 3 is 3.00 bits per heavy atom. The Balaban J connectivity index is 2.33. The van der Waals surface area contributed by atoms with Gasteiger partial charge in [-0.25, -0.2) is 0 Å². The lowest BCUT2D eigenvalue weighted by Crippen LogP contribution is -2.14. The van der Waals surface area contributed by atoms with Crippen molar-refractivity contribution >= 4 is 5.91 Å². The van der Waals surface area contributed by atoms with E-state index in [9.17, 15) is 4.79 Å². The maximum atomic E-state index is 11.0. The predicted molar refractivity (Wildman–Crippen MR) is 45.2 cm³/mol. The van der Waals surface area contributed by atoms with Gasteiger partial charge in [-0.05, 0) is 12.8 Å². The van der Waals surface area contributed by atoms with E-state index in [4.69, 9.17) is 0 Å². The molecule has 0 aromatic heterocycles. The number of hydrogen-bond donors (Lipinski definition) is 1. The first-order valence-electron chi connectivity index (χ1n) is 4.32. The maximum absolute atomic E-state index is 11.0. The highest BCUT2D eigenvalue weighted by molar-refractivity contribution is 5.95. The van der Waals surface area contributed by atoms with Crippen molar-refractivity contribution in [3.05, 3.63) is 11.6 Å². The van der Waals surface area contributed by atoms with Gasteiger partial charge in [0.15, 0.2) is 0 Å². The summed E-state index contributed by atoms with van der Waals surface area (Å²) in [5.41, 5.74) is 0.985. The Labute approximate surface area is 67.7 Å². The van der Waals surface area contributed by atoms with Crippen molar-refractivity contribution in [2.24, 2.45) is 0 Å². The summed E-state index contributed by atoms with van der Waals surface area (Å²) in [6.45, 7) is 2.99. The molecule has 1 saturated heterocycles. The van der Waals surface area contributed by atoms with E-state index in [-0.39, 0.29) is 5.91 Å². The van der Waals surface area contributed by atoms with Crippen LogP contribution in [0.3, 0.4) is 0 Å². The van der Waals surface area contributed by atoms with E-state index in [1.54, 1.807) is 0 Å². The molecule has 0 spiro atoms. The average molecular weight is 153 g/mol. The fourth-order valence-corrected chi connectivity index (χ4v) is 1.21. The highest BCUT2D eigenvalue weighted by Gasteiger charge is 2.14. The number of rotatable bonds is 3. The molecular formula is C9H15NO. The SMILES string of the molecule is CCCCC=C1CCNC1=O. The number of unbranched alkanes of at least 4 members (excludes halogenated alkanes) is 2. The van der Waals surface area contributed by atoms with Gasteiger partial charge in [0.05, 0.1) is 0 Å². The first kappa shape index (κ1) is 8.31. The topological polar surface area (TPSA) is 29.1 Å². The van der Waals surface area contributed by atoms with E-state index in [0.717, 1.165) is 25.0 Å². The number of nitrogens with one attached hydrogen (secondary N) is 1. The summed E-state index contributed by atoms with van der Waals surface area (Å²) in [7, 11) is 0. The van der Waals surface area contributed by atoms with Crippen LogP contribution in [0.1, 0.15) is 32.6 Å². The van der Waals surface area contributed by atoms with Crippen molar-refractivity contribution in [2.75, 3.05) is 6.54 Å². The molecule has 1 aliphatic rings. The van der Waals surface area contributed by atoms with Crippen molar-refractivity contribution < 1.29 is 4.79 Å². The quantitative estimate of drug-likeness (QED) is 0.484. The van der Waals surface area contributed by atoms with Crippen molar-refractivity contribution in [3.8, 4) is 0 Å². The van der Waals surface area contributed by atoms with Crippen molar-refractivity contribution in [1.82, 2.24) is 5.32 Å². The van der Waals surface area contributed by atoms with Gasteiger partial charge in [0.1, 0.15) is 0 Å². The molecule has 1 rings (SSSR count). The molecule has 1 amide bonds. The fourth-order valence-electron chi connectivity index (χ4n) is 1.21. The molecular weight excluding hydrogens is 138 g/mol. The number of amides is 1. The van der Waals surface area contributed by atoms with Crippen LogP contribution in [0.2, 0.25) is 0 Å². The van der Waals surface area contributed by atoms with Gasteiger partial charge >= 0.3 is 0 Å². The Morgan fingerprint density at radius 1 is 1.64 bits per heavy atom. The number of allylic oxidation sites excluding steroid dienone is 1. The van der Waals surface area contributed by atoms with E-state index in [1.807, 2.05) is 0 Å². The van der Waals surface area contributed by atoms with Gasteiger partial charge in [-0.1, -0.05) is 25.8 Å². The van der Waals surface area contributed by atoms with Gasteiger partial charge in [0.25, 0.3) is 0 Å². The van der Waals surface area contributed by atoms with E-state index in [0.29, 0.717) is 0 Å². The summed E-state index contributed by atoms with van der Waals surface area (Å²) in [5.74, 6) is 0.140. The van der Waals surface area contributed by atoms with Gasteiger partial charge in [0, 0.05) is 12.1 Å². The summed E-state index contributed by atoms with van der Waals surface area (Å²) in [5, 5.41) is 2.79. The van der Waals surface area contributed by atoms with E-state index >= 15 is 0 Å². The molecule has 0 aliphatic carbocycles. The van der Waals surface area contributed by atoms with Crippen LogP contribution in [0.25, 0.3) is 0 Å². The molecule has 1 fully saturated rings. The zero-order chi connectivity index (χ0) is 8.10. The number of carbonyl (C=O) groups is 1. The van der Waals surface area contributed by atoms with Gasteiger partial charge in [-0.2, -0.15) is 0 Å². The minimum Gasteiger partial charge on any atom is -0.352 e. The third-order valence-electron chi connectivity index (χ3n) is 1.92. The third-order valence-corrected chi connectivity index (χ3v) is 1.92. The largest absolute Gasteiger partial charge is 0.352 e. The molecule has 0 bridgehead atoms. The minimum absolute atomic E-state index is 0.140. The van der Waals surface area contributed by atoms with E-state index in [2.05, 4.69) is 18.3 Å². The molecule has 0 unspecified atom stereocenters. The lowest BCUT2D eigenvalue weighted by molar-refractivity contribution is -0.116. The standard InChI is InChI=1S/C9H15NO/c1-2-3-4-5-8-6-7-10-9(8)11/h5H,2-4,6-7H2,1H3,(H,10,11). The van der Waals surface area contributed by atoms with Crippen LogP contribution >= 0.6 is 0 Å². The summed E-state index contributed by atoms with van der Waals surface area (Å²) < 4.78 is 0. The zero-order valence-corrected chi connectivity index (χ0v) is 7.02. The lowest BCUT2D eigenvalue weighted by atomic mass is 10.1. The highest BCUT2D eigenvalue weighted by atomic mass is 16.1. The van der Waals surface area contributed by atoms with Gasteiger partial charge < -0.3 is 5.32 Å².